The van der Waals surface area contributed by atoms with Crippen molar-refractivity contribution >= 4 is 17.3 Å². The van der Waals surface area contributed by atoms with Crippen LogP contribution in [0.3, 0.4) is 0 Å². The lowest BCUT2D eigenvalue weighted by atomic mass is 9.80. The summed E-state index contributed by atoms with van der Waals surface area (Å²) in [6.07, 6.45) is 0.879. The molecule has 4 heteroatoms. The van der Waals surface area contributed by atoms with Gasteiger partial charge in [-0.2, -0.15) is 0 Å². The molecule has 154 valence electrons. The highest BCUT2D eigenvalue weighted by atomic mass is 16.5. The monoisotopic (exact) mass is 400 g/mol. The standard InChI is InChI=1S/C26H28N2O2/c1-4-23-18(2)25(27-20-10-6-5-7-11-20)22-12-8-9-13-24(22)28(23)26(29)19-14-16-21(30-3)17-15-19/h5-18,23,25,27H,4H2,1-3H3/t18-,23-,25+/m1/s1. The molecule has 1 N–H and O–H groups in total. The molecule has 0 saturated carbocycles. The minimum absolute atomic E-state index is 0.0296. The van der Waals surface area contributed by atoms with Crippen molar-refractivity contribution < 1.29 is 9.53 Å². The first kappa shape index (κ1) is 20.0. The number of hydrogen-bond acceptors (Lipinski definition) is 3. The Morgan fingerprint density at radius 3 is 2.30 bits per heavy atom. The first-order valence-corrected chi connectivity index (χ1v) is 10.5. The molecule has 0 spiro atoms. The summed E-state index contributed by atoms with van der Waals surface area (Å²) in [5, 5.41) is 3.71. The van der Waals surface area contributed by atoms with Crippen LogP contribution in [0.25, 0.3) is 0 Å². The van der Waals surface area contributed by atoms with Gasteiger partial charge in [-0.1, -0.05) is 50.2 Å². The lowest BCUT2D eigenvalue weighted by molar-refractivity contribution is 0.0960. The van der Waals surface area contributed by atoms with Gasteiger partial charge in [0.2, 0.25) is 0 Å². The fraction of sp³-hybridized carbons (Fsp3) is 0.269. The first-order chi connectivity index (χ1) is 14.6. The second-order valence-corrected chi connectivity index (χ2v) is 7.79. The van der Waals surface area contributed by atoms with E-state index in [0.717, 1.165) is 29.1 Å². The van der Waals surface area contributed by atoms with Gasteiger partial charge in [-0.25, -0.2) is 0 Å². The number of nitrogens with one attached hydrogen (secondary N) is 1. The number of anilines is 2. The van der Waals surface area contributed by atoms with Gasteiger partial charge in [0.05, 0.1) is 13.2 Å². The number of carbonyl (C=O) groups is 1. The molecule has 0 bridgehead atoms. The van der Waals surface area contributed by atoms with Gasteiger partial charge in [0.15, 0.2) is 0 Å². The van der Waals surface area contributed by atoms with Crippen LogP contribution >= 0.6 is 0 Å². The maximum absolute atomic E-state index is 13.6. The number of fused-ring (bicyclic) bond motifs is 1. The summed E-state index contributed by atoms with van der Waals surface area (Å²) in [6.45, 7) is 4.39. The highest BCUT2D eigenvalue weighted by Gasteiger charge is 2.40. The van der Waals surface area contributed by atoms with E-state index in [1.165, 1.54) is 0 Å². The van der Waals surface area contributed by atoms with Crippen LogP contribution in [0.4, 0.5) is 11.4 Å². The number of ether oxygens (including phenoxy) is 1. The molecule has 30 heavy (non-hydrogen) atoms. The number of para-hydroxylation sites is 2. The third kappa shape index (κ3) is 3.65. The summed E-state index contributed by atoms with van der Waals surface area (Å²) < 4.78 is 5.25. The molecule has 1 aliphatic rings. The molecule has 0 fully saturated rings. The summed E-state index contributed by atoms with van der Waals surface area (Å²) in [6, 6.07) is 26.1. The topological polar surface area (TPSA) is 41.6 Å². The number of methoxy groups -OCH3 is 1. The molecule has 0 saturated heterocycles. The van der Waals surface area contributed by atoms with Crippen LogP contribution in [0.2, 0.25) is 0 Å². The number of rotatable bonds is 5. The summed E-state index contributed by atoms with van der Waals surface area (Å²) >= 11 is 0. The maximum atomic E-state index is 13.6. The van der Waals surface area contributed by atoms with Gasteiger partial charge >= 0.3 is 0 Å². The van der Waals surface area contributed by atoms with Crippen molar-refractivity contribution in [2.45, 2.75) is 32.4 Å². The molecule has 3 atom stereocenters. The summed E-state index contributed by atoms with van der Waals surface area (Å²) in [5.41, 5.74) is 3.90. The smallest absolute Gasteiger partial charge is 0.258 e. The van der Waals surface area contributed by atoms with E-state index in [0.29, 0.717) is 5.56 Å². The van der Waals surface area contributed by atoms with Gasteiger partial charge in [-0.05, 0) is 54.4 Å². The Kier molecular flexibility index (Phi) is 5.75. The highest BCUT2D eigenvalue weighted by molar-refractivity contribution is 6.07. The van der Waals surface area contributed by atoms with Crippen LogP contribution in [0.5, 0.6) is 5.75 Å². The Labute approximate surface area is 178 Å². The minimum atomic E-state index is 0.0296. The normalized spacial score (nSPS) is 20.4. The molecule has 3 aromatic carbocycles. The average Bonchev–Trinajstić information content (AvgIpc) is 2.80. The molecule has 4 nitrogen and oxygen atoms in total. The molecule has 1 heterocycles. The zero-order chi connectivity index (χ0) is 21.1. The van der Waals surface area contributed by atoms with E-state index in [4.69, 9.17) is 4.74 Å². The molecular weight excluding hydrogens is 372 g/mol. The van der Waals surface area contributed by atoms with E-state index >= 15 is 0 Å². The zero-order valence-corrected chi connectivity index (χ0v) is 17.7. The molecule has 1 amide bonds. The number of amides is 1. The van der Waals surface area contributed by atoms with E-state index < -0.39 is 0 Å². The van der Waals surface area contributed by atoms with Crippen molar-refractivity contribution in [2.24, 2.45) is 5.92 Å². The van der Waals surface area contributed by atoms with Crippen LogP contribution in [0.15, 0.2) is 78.9 Å². The van der Waals surface area contributed by atoms with Crippen molar-refractivity contribution in [1.29, 1.82) is 0 Å². The number of benzene rings is 3. The van der Waals surface area contributed by atoms with Gasteiger partial charge in [-0.3, -0.25) is 4.79 Å². The molecule has 0 aliphatic carbocycles. The molecular formula is C26H28N2O2. The Balaban J connectivity index is 1.74. The van der Waals surface area contributed by atoms with Gasteiger partial charge in [-0.15, -0.1) is 0 Å². The summed E-state index contributed by atoms with van der Waals surface area (Å²) in [7, 11) is 1.63. The van der Waals surface area contributed by atoms with E-state index in [-0.39, 0.29) is 23.9 Å². The largest absolute Gasteiger partial charge is 0.497 e. The van der Waals surface area contributed by atoms with E-state index in [1.807, 2.05) is 59.5 Å². The van der Waals surface area contributed by atoms with Crippen molar-refractivity contribution in [3.05, 3.63) is 90.0 Å². The van der Waals surface area contributed by atoms with Gasteiger partial charge in [0.25, 0.3) is 5.91 Å². The van der Waals surface area contributed by atoms with Crippen LogP contribution in [0.1, 0.15) is 42.2 Å². The quantitative estimate of drug-likeness (QED) is 0.578. The van der Waals surface area contributed by atoms with Crippen LogP contribution in [-0.2, 0) is 0 Å². The fourth-order valence-corrected chi connectivity index (χ4v) is 4.50. The SMILES string of the molecule is CC[C@@H]1[C@@H](C)[C@H](Nc2ccccc2)c2ccccc2N1C(=O)c1ccc(OC)cc1. The van der Waals surface area contributed by atoms with Crippen molar-refractivity contribution in [1.82, 2.24) is 0 Å². The van der Waals surface area contributed by atoms with Crippen molar-refractivity contribution in [3.8, 4) is 5.75 Å². The third-order valence-corrected chi connectivity index (χ3v) is 6.07. The molecule has 0 radical (unpaired) electrons. The Morgan fingerprint density at radius 1 is 0.967 bits per heavy atom. The maximum Gasteiger partial charge on any atom is 0.258 e. The van der Waals surface area contributed by atoms with Gasteiger partial charge in [0, 0.05) is 28.9 Å². The minimum Gasteiger partial charge on any atom is -0.497 e. The molecule has 0 unspecified atom stereocenters. The molecule has 0 aromatic heterocycles. The van der Waals surface area contributed by atoms with E-state index in [1.54, 1.807) is 7.11 Å². The summed E-state index contributed by atoms with van der Waals surface area (Å²) in [5.74, 6) is 1.02. The second kappa shape index (κ2) is 8.62. The number of carbonyl (C=O) groups excluding carboxylic acids is 1. The summed E-state index contributed by atoms with van der Waals surface area (Å²) in [4.78, 5) is 15.6. The predicted molar refractivity (Wildman–Crippen MR) is 122 cm³/mol. The van der Waals surface area contributed by atoms with E-state index in [9.17, 15) is 4.79 Å². The lowest BCUT2D eigenvalue weighted by Crippen LogP contribution is -2.50. The second-order valence-electron chi connectivity index (χ2n) is 7.79. The highest BCUT2D eigenvalue weighted by Crippen LogP contribution is 2.44. The Morgan fingerprint density at radius 2 is 1.63 bits per heavy atom. The molecule has 3 aromatic rings. The zero-order valence-electron chi connectivity index (χ0n) is 17.7. The molecule has 1 aliphatic heterocycles. The molecule has 4 rings (SSSR count). The van der Waals surface area contributed by atoms with Crippen LogP contribution in [0, 0.1) is 5.92 Å². The number of hydrogen-bond donors (Lipinski definition) is 1. The van der Waals surface area contributed by atoms with Gasteiger partial charge < -0.3 is 15.0 Å². The van der Waals surface area contributed by atoms with Crippen molar-refractivity contribution in [2.75, 3.05) is 17.3 Å². The predicted octanol–water partition coefficient (Wildman–Crippen LogP) is 5.92. The number of nitrogens with zero attached hydrogens (tertiary/aromatic N) is 1. The van der Waals surface area contributed by atoms with Crippen LogP contribution in [-0.4, -0.2) is 19.1 Å². The van der Waals surface area contributed by atoms with Crippen molar-refractivity contribution in [3.63, 3.8) is 0 Å². The van der Waals surface area contributed by atoms with Gasteiger partial charge in [0.1, 0.15) is 5.75 Å². The van der Waals surface area contributed by atoms with E-state index in [2.05, 4.69) is 43.4 Å². The average molecular weight is 401 g/mol. The Bertz CT molecular complexity index is 1000. The lowest BCUT2D eigenvalue weighted by Gasteiger charge is -2.45. The fourth-order valence-electron chi connectivity index (χ4n) is 4.50. The Hall–Kier alpha value is -3.27. The third-order valence-electron chi connectivity index (χ3n) is 6.07. The first-order valence-electron chi connectivity index (χ1n) is 10.5. The van der Waals surface area contributed by atoms with Crippen LogP contribution < -0.4 is 15.0 Å².